The largest absolute Gasteiger partial charge is 0.456 e. The fourth-order valence-electron chi connectivity index (χ4n) is 13.1. The van der Waals surface area contributed by atoms with Crippen LogP contribution in [-0.2, 0) is 0 Å². The maximum absolute atomic E-state index is 6.01. The van der Waals surface area contributed by atoms with E-state index in [9.17, 15) is 0 Å². The molecule has 111 heavy (non-hydrogen) atoms. The predicted octanol–water partition coefficient (Wildman–Crippen LogP) is 24.6. The summed E-state index contributed by atoms with van der Waals surface area (Å²) in [7, 11) is 0. The van der Waals surface area contributed by atoms with Crippen molar-refractivity contribution in [2.24, 2.45) is 0 Å². The molecule has 0 unspecified atom stereocenters. The first-order chi connectivity index (χ1) is 55.0. The first-order valence-electron chi connectivity index (χ1n) is 36.0. The van der Waals surface area contributed by atoms with Gasteiger partial charge in [-0.05, 0) is 109 Å². The third-order valence-corrected chi connectivity index (χ3v) is 20.7. The van der Waals surface area contributed by atoms with E-state index in [1.807, 2.05) is 170 Å². The summed E-state index contributed by atoms with van der Waals surface area (Å²) in [6.07, 6.45) is 11.6. The lowest BCUT2D eigenvalue weighted by atomic mass is 10.1. The standard InChI is InChI=1S/C25H15N3O.C23H15N3.C16H10N2S.C14H10N2.C10H8N2.C8H6S/c1-2-6-17-13-18(10-9-16(17)5-1)24-26-15-27-25(28-24)19-11-12-21-20-7-3-4-8-22(20)29-23(21)14-19;1-3-7-18-13-20(11-9-16(18)5-1)22-24-15-25-23(26-22)21-12-10-17-6-2-4-8-19(17)14-21;1-2-6-11(7-3-1)14-16-15(18-10-17-14)12-8-4-5-9-13(12)19-16;1-2-6-11(7-3-1)14-12-8-4-5-9-13(12)15-10-16-14;1-2-4-9(5-3-1)10-6-11-8-12-7-10;1-2-4-8-7(3-1)5-6-9-8/h1-15H;1-15H;1-10H;1-10H;1-8H;1-6H. The Bertz CT molecular complexity index is 6780. The minimum atomic E-state index is 0.630. The summed E-state index contributed by atoms with van der Waals surface area (Å²) in [4.78, 5) is 52.4. The van der Waals surface area contributed by atoms with Gasteiger partial charge < -0.3 is 4.42 Å². The number of nitrogens with zero attached hydrogens (tertiary/aromatic N) is 12. The van der Waals surface area contributed by atoms with Gasteiger partial charge in [0.15, 0.2) is 23.3 Å². The van der Waals surface area contributed by atoms with Crippen LogP contribution in [0.25, 0.3) is 175 Å². The van der Waals surface area contributed by atoms with Crippen molar-refractivity contribution in [1.29, 1.82) is 0 Å². The summed E-state index contributed by atoms with van der Waals surface area (Å²) in [6, 6.07) is 115. The first kappa shape index (κ1) is 69.4. The summed E-state index contributed by atoms with van der Waals surface area (Å²) in [5, 5.41) is 15.1. The fraction of sp³-hybridized carbons (Fsp3) is 0. The van der Waals surface area contributed by atoms with Crippen molar-refractivity contribution in [2.75, 3.05) is 0 Å². The Labute approximate surface area is 646 Å². The number of hydrogen-bond donors (Lipinski definition) is 0. The molecule has 0 aliphatic carbocycles. The number of rotatable bonds is 7. The quantitative estimate of drug-likeness (QED) is 0.148. The normalized spacial score (nSPS) is 10.9. The molecule has 0 aliphatic rings. The van der Waals surface area contributed by atoms with Crippen molar-refractivity contribution in [1.82, 2.24) is 59.8 Å². The molecule has 15 heteroatoms. The molecule has 0 radical (unpaired) electrons. The lowest BCUT2D eigenvalue weighted by molar-refractivity contribution is 0.669. The molecule has 0 aliphatic heterocycles. The van der Waals surface area contributed by atoms with Crippen LogP contribution >= 0.6 is 22.7 Å². The Kier molecular flexibility index (Phi) is 20.6. The van der Waals surface area contributed by atoms with Crippen LogP contribution in [0.1, 0.15) is 0 Å². The minimum absolute atomic E-state index is 0.630. The van der Waals surface area contributed by atoms with Gasteiger partial charge in [-0.25, -0.2) is 59.8 Å². The van der Waals surface area contributed by atoms with Crippen LogP contribution in [0.2, 0.25) is 0 Å². The number of hydrogen-bond acceptors (Lipinski definition) is 15. The number of para-hydroxylation sites is 2. The molecule has 0 spiro atoms. The molecule has 0 N–H and O–H groups in total. The van der Waals surface area contributed by atoms with Crippen molar-refractivity contribution in [3.05, 3.63) is 389 Å². The van der Waals surface area contributed by atoms with Gasteiger partial charge in [0.05, 0.1) is 27.1 Å². The topological polar surface area (TPSA) is 168 Å². The minimum Gasteiger partial charge on any atom is -0.456 e. The molecule has 0 fully saturated rings. The van der Waals surface area contributed by atoms with Crippen molar-refractivity contribution in [3.8, 4) is 79.2 Å². The average molecular weight is 1470 g/mol. The molecular formula is C96H64N12OS2. The van der Waals surface area contributed by atoms with Crippen LogP contribution in [0.5, 0.6) is 0 Å². The van der Waals surface area contributed by atoms with E-state index >= 15 is 0 Å². The maximum atomic E-state index is 6.01. The zero-order chi connectivity index (χ0) is 74.3. The molecule has 14 aromatic carbocycles. The molecule has 8 aromatic heterocycles. The van der Waals surface area contributed by atoms with E-state index in [0.29, 0.717) is 23.3 Å². The van der Waals surface area contributed by atoms with Gasteiger partial charge >= 0.3 is 0 Å². The van der Waals surface area contributed by atoms with Gasteiger partial charge in [-0.3, -0.25) is 0 Å². The van der Waals surface area contributed by atoms with E-state index in [4.69, 9.17) is 14.4 Å². The van der Waals surface area contributed by atoms with Crippen LogP contribution < -0.4 is 0 Å². The van der Waals surface area contributed by atoms with E-state index in [2.05, 4.69) is 237 Å². The number of furan rings is 1. The Morgan fingerprint density at radius 2 is 0.667 bits per heavy atom. The summed E-state index contributed by atoms with van der Waals surface area (Å²) < 4.78 is 9.80. The van der Waals surface area contributed by atoms with Gasteiger partial charge in [0.1, 0.15) is 42.8 Å². The summed E-state index contributed by atoms with van der Waals surface area (Å²) in [5.74, 6) is 2.67. The molecular weight excluding hydrogens is 1400 g/mol. The third kappa shape index (κ3) is 15.9. The van der Waals surface area contributed by atoms with Gasteiger partial charge in [0, 0.05) is 82.3 Å². The fourth-order valence-corrected chi connectivity index (χ4v) is 15.1. The second kappa shape index (κ2) is 33.0. The maximum Gasteiger partial charge on any atom is 0.163 e. The highest BCUT2D eigenvalue weighted by Crippen LogP contribution is 2.38. The smallest absolute Gasteiger partial charge is 0.163 e. The van der Waals surface area contributed by atoms with E-state index in [0.717, 1.165) is 104 Å². The molecule has 22 rings (SSSR count). The van der Waals surface area contributed by atoms with Crippen molar-refractivity contribution in [3.63, 3.8) is 0 Å². The average Bonchev–Trinajstić information content (AvgIpc) is 1.64. The highest BCUT2D eigenvalue weighted by atomic mass is 32.1. The second-order valence-corrected chi connectivity index (χ2v) is 27.7. The SMILES string of the molecule is c1ccc(-c2cncnc2)cc1.c1ccc(-c2ncnc3c2sc2ccccc23)cc1.c1ccc(-c2ncnc3ccccc23)cc1.c1ccc2cc(-c3ncnc(-c4ccc5c(c4)oc4ccccc45)n3)ccc2c1.c1ccc2cc(-c3ncnc(-c4ccc5ccccc5c4)n3)ccc2c1.c1ccc2sccc2c1. The summed E-state index contributed by atoms with van der Waals surface area (Å²) >= 11 is 3.55. The summed E-state index contributed by atoms with van der Waals surface area (Å²) in [6.45, 7) is 0. The van der Waals surface area contributed by atoms with Gasteiger partial charge in [-0.2, -0.15) is 0 Å². The van der Waals surface area contributed by atoms with Gasteiger partial charge in [0.25, 0.3) is 0 Å². The molecule has 0 atom stereocenters. The number of fused-ring (bicyclic) bond motifs is 11. The predicted molar refractivity (Wildman–Crippen MR) is 456 cm³/mol. The lowest BCUT2D eigenvalue weighted by Crippen LogP contribution is -1.95. The van der Waals surface area contributed by atoms with Crippen LogP contribution in [0, 0.1) is 0 Å². The third-order valence-electron chi connectivity index (χ3n) is 18.6. The molecule has 526 valence electrons. The first-order valence-corrected chi connectivity index (χ1v) is 37.7. The Morgan fingerprint density at radius 3 is 1.24 bits per heavy atom. The lowest BCUT2D eigenvalue weighted by Gasteiger charge is -2.06. The highest BCUT2D eigenvalue weighted by Gasteiger charge is 2.15. The molecule has 22 aromatic rings. The molecule has 0 saturated heterocycles. The number of thiophene rings is 2. The zero-order valence-electron chi connectivity index (χ0n) is 59.5. The van der Waals surface area contributed by atoms with Gasteiger partial charge in [-0.15, -0.1) is 22.7 Å². The molecule has 0 amide bonds. The van der Waals surface area contributed by atoms with E-state index in [-0.39, 0.29) is 0 Å². The van der Waals surface area contributed by atoms with E-state index < -0.39 is 0 Å². The van der Waals surface area contributed by atoms with Gasteiger partial charge in [0.2, 0.25) is 0 Å². The zero-order valence-corrected chi connectivity index (χ0v) is 61.2. The molecule has 13 nitrogen and oxygen atoms in total. The van der Waals surface area contributed by atoms with Crippen LogP contribution in [0.4, 0.5) is 0 Å². The number of benzene rings is 14. The van der Waals surface area contributed by atoms with Crippen LogP contribution in [0.15, 0.2) is 394 Å². The van der Waals surface area contributed by atoms with E-state index in [1.165, 1.54) is 53.4 Å². The molecule has 8 heterocycles. The monoisotopic (exact) mass is 1460 g/mol. The Hall–Kier alpha value is -14.6. The van der Waals surface area contributed by atoms with Crippen molar-refractivity contribution in [2.45, 2.75) is 0 Å². The van der Waals surface area contributed by atoms with Gasteiger partial charge in [-0.1, -0.05) is 279 Å². The highest BCUT2D eigenvalue weighted by molar-refractivity contribution is 7.26. The van der Waals surface area contributed by atoms with Crippen LogP contribution in [-0.4, -0.2) is 59.8 Å². The van der Waals surface area contributed by atoms with E-state index in [1.54, 1.807) is 48.0 Å². The number of aromatic nitrogens is 12. The Morgan fingerprint density at radius 1 is 0.243 bits per heavy atom. The van der Waals surface area contributed by atoms with Crippen molar-refractivity contribution >= 4 is 118 Å². The Balaban J connectivity index is 0.000000101. The van der Waals surface area contributed by atoms with Crippen molar-refractivity contribution < 1.29 is 4.42 Å². The molecule has 0 bridgehead atoms. The van der Waals surface area contributed by atoms with Crippen LogP contribution in [0.3, 0.4) is 0 Å². The summed E-state index contributed by atoms with van der Waals surface area (Å²) in [5.41, 5.74) is 14.1. The molecule has 0 saturated carbocycles. The second-order valence-electron chi connectivity index (χ2n) is 25.7.